The van der Waals surface area contributed by atoms with E-state index < -0.39 is 0 Å². The highest BCUT2D eigenvalue weighted by Crippen LogP contribution is 2.42. The first kappa shape index (κ1) is 19.2. The van der Waals surface area contributed by atoms with Gasteiger partial charge in [0.2, 0.25) is 0 Å². The van der Waals surface area contributed by atoms with Crippen LogP contribution in [0.4, 0.5) is 0 Å². The Balaban J connectivity index is 1.37. The number of aryl methyl sites for hydroxylation is 2. The highest BCUT2D eigenvalue weighted by Gasteiger charge is 2.22. The second kappa shape index (κ2) is 8.95. The molecule has 0 radical (unpaired) electrons. The quantitative estimate of drug-likeness (QED) is 0.506. The molecule has 29 heavy (non-hydrogen) atoms. The van der Waals surface area contributed by atoms with Gasteiger partial charge in [0, 0.05) is 46.7 Å². The fourth-order valence-electron chi connectivity index (χ4n) is 4.83. The van der Waals surface area contributed by atoms with Crippen molar-refractivity contribution in [3.05, 3.63) is 54.1 Å². The van der Waals surface area contributed by atoms with Crippen molar-refractivity contribution in [2.45, 2.75) is 37.1 Å². The van der Waals surface area contributed by atoms with Gasteiger partial charge in [-0.05, 0) is 43.5 Å². The molecule has 1 fully saturated rings. The Morgan fingerprint density at radius 3 is 2.59 bits per heavy atom. The SMILES string of the molecule is c1ccc2c(c1)SCCc1c-2n(CCCCCN2CCOCC2)c2ccccc12. The smallest absolute Gasteiger partial charge is 0.0594 e. The number of hydrogen-bond acceptors (Lipinski definition) is 3. The number of hydrogen-bond donors (Lipinski definition) is 0. The van der Waals surface area contributed by atoms with Crippen molar-refractivity contribution in [3.8, 4) is 11.3 Å². The molecule has 0 bridgehead atoms. The first-order valence-electron chi connectivity index (χ1n) is 11.0. The van der Waals surface area contributed by atoms with E-state index in [4.69, 9.17) is 4.74 Å². The zero-order valence-corrected chi connectivity index (χ0v) is 17.9. The molecule has 3 nitrogen and oxygen atoms in total. The van der Waals surface area contributed by atoms with Crippen LogP contribution in [0.25, 0.3) is 22.2 Å². The van der Waals surface area contributed by atoms with Crippen molar-refractivity contribution in [3.63, 3.8) is 0 Å². The van der Waals surface area contributed by atoms with E-state index in [1.54, 1.807) is 5.56 Å². The average molecular weight is 407 g/mol. The van der Waals surface area contributed by atoms with Gasteiger partial charge in [-0.3, -0.25) is 4.90 Å². The van der Waals surface area contributed by atoms with E-state index in [1.165, 1.54) is 52.9 Å². The van der Waals surface area contributed by atoms with Crippen LogP contribution in [0.3, 0.4) is 0 Å². The minimum atomic E-state index is 0.902. The topological polar surface area (TPSA) is 17.4 Å². The summed E-state index contributed by atoms with van der Waals surface area (Å²) in [6.45, 7) is 6.33. The standard InChI is InChI=1S/C25H30N2OS/c1(6-13-26-15-17-28-18-16-26)7-14-27-23-10-4-2-8-20(23)21-12-19-29-24-11-5-3-9-22(24)25(21)27/h2-5,8-11H,1,6-7,12-19H2. The first-order valence-corrected chi connectivity index (χ1v) is 12.0. The molecular formula is C25H30N2OS. The monoisotopic (exact) mass is 406 g/mol. The van der Waals surface area contributed by atoms with Gasteiger partial charge in [0.1, 0.15) is 0 Å². The van der Waals surface area contributed by atoms with Gasteiger partial charge in [-0.2, -0.15) is 0 Å². The summed E-state index contributed by atoms with van der Waals surface area (Å²) in [4.78, 5) is 3.98. The maximum absolute atomic E-state index is 5.46. The van der Waals surface area contributed by atoms with Gasteiger partial charge >= 0.3 is 0 Å². The summed E-state index contributed by atoms with van der Waals surface area (Å²) in [5.41, 5.74) is 5.85. The van der Waals surface area contributed by atoms with E-state index >= 15 is 0 Å². The summed E-state index contributed by atoms with van der Waals surface area (Å²) >= 11 is 2.01. The molecular weight excluding hydrogens is 376 g/mol. The largest absolute Gasteiger partial charge is 0.379 e. The number of unbranched alkanes of at least 4 members (excludes halogenated alkanes) is 2. The Morgan fingerprint density at radius 2 is 1.66 bits per heavy atom. The lowest BCUT2D eigenvalue weighted by molar-refractivity contribution is 0.0371. The van der Waals surface area contributed by atoms with Crippen LogP contribution in [0, 0.1) is 0 Å². The minimum Gasteiger partial charge on any atom is -0.379 e. The minimum absolute atomic E-state index is 0.902. The molecule has 1 saturated heterocycles. The fourth-order valence-corrected chi connectivity index (χ4v) is 5.85. The molecule has 152 valence electrons. The molecule has 1 aromatic heterocycles. The molecule has 0 amide bonds. The maximum Gasteiger partial charge on any atom is 0.0594 e. The highest BCUT2D eigenvalue weighted by atomic mass is 32.2. The summed E-state index contributed by atoms with van der Waals surface area (Å²) in [7, 11) is 0. The summed E-state index contributed by atoms with van der Waals surface area (Å²) in [6.07, 6.45) is 4.97. The number of para-hydroxylation sites is 1. The van der Waals surface area contributed by atoms with Crippen LogP contribution < -0.4 is 0 Å². The van der Waals surface area contributed by atoms with Crippen LogP contribution in [0.2, 0.25) is 0 Å². The molecule has 4 heteroatoms. The Morgan fingerprint density at radius 1 is 0.862 bits per heavy atom. The third kappa shape index (κ3) is 3.98. The summed E-state index contributed by atoms with van der Waals surface area (Å²) in [6, 6.07) is 18.0. The molecule has 2 aliphatic heterocycles. The molecule has 2 aliphatic rings. The first-order chi connectivity index (χ1) is 14.4. The normalized spacial score (nSPS) is 17.1. The molecule has 0 saturated carbocycles. The second-order valence-corrected chi connectivity index (χ2v) is 9.24. The van der Waals surface area contributed by atoms with Gasteiger partial charge in [-0.15, -0.1) is 11.8 Å². The van der Waals surface area contributed by atoms with Crippen LogP contribution in [-0.2, 0) is 17.7 Å². The number of aromatic nitrogens is 1. The maximum atomic E-state index is 5.46. The van der Waals surface area contributed by atoms with Gasteiger partial charge in [0.25, 0.3) is 0 Å². The van der Waals surface area contributed by atoms with E-state index in [2.05, 4.69) is 58.0 Å². The predicted octanol–water partition coefficient (Wildman–Crippen LogP) is 5.46. The average Bonchev–Trinajstić information content (AvgIpc) is 2.95. The lowest BCUT2D eigenvalue weighted by Gasteiger charge is -2.26. The van der Waals surface area contributed by atoms with E-state index in [0.29, 0.717) is 0 Å². The highest BCUT2D eigenvalue weighted by molar-refractivity contribution is 7.99. The van der Waals surface area contributed by atoms with Crippen molar-refractivity contribution in [1.29, 1.82) is 0 Å². The Labute approximate surface area is 178 Å². The van der Waals surface area contributed by atoms with Gasteiger partial charge in [0.15, 0.2) is 0 Å². The van der Waals surface area contributed by atoms with Gasteiger partial charge in [-0.1, -0.05) is 42.8 Å². The van der Waals surface area contributed by atoms with E-state index in [-0.39, 0.29) is 0 Å². The molecule has 0 N–H and O–H groups in total. The Bertz CT molecular complexity index is 974. The third-order valence-electron chi connectivity index (χ3n) is 6.29. The number of nitrogens with zero attached hydrogens (tertiary/aromatic N) is 2. The van der Waals surface area contributed by atoms with Gasteiger partial charge in [0.05, 0.1) is 18.9 Å². The second-order valence-electron chi connectivity index (χ2n) is 8.11. The van der Waals surface area contributed by atoms with E-state index in [0.717, 1.165) is 45.0 Å². The number of thioether (sulfide) groups is 1. The molecule has 0 unspecified atom stereocenters. The molecule has 5 rings (SSSR count). The fraction of sp³-hybridized carbons (Fsp3) is 0.440. The summed E-state index contributed by atoms with van der Waals surface area (Å²) in [5.74, 6) is 1.16. The number of fused-ring (bicyclic) bond motifs is 5. The van der Waals surface area contributed by atoms with Crippen molar-refractivity contribution >= 4 is 22.7 Å². The van der Waals surface area contributed by atoms with Crippen molar-refractivity contribution in [1.82, 2.24) is 9.47 Å². The molecule has 0 aliphatic carbocycles. The van der Waals surface area contributed by atoms with E-state index in [1.807, 2.05) is 11.8 Å². The van der Waals surface area contributed by atoms with Gasteiger partial charge in [-0.25, -0.2) is 0 Å². The number of ether oxygens (including phenoxy) is 1. The van der Waals surface area contributed by atoms with Crippen LogP contribution in [-0.4, -0.2) is 48.1 Å². The van der Waals surface area contributed by atoms with Gasteiger partial charge < -0.3 is 9.30 Å². The molecule has 0 atom stereocenters. The number of rotatable bonds is 6. The third-order valence-corrected chi connectivity index (χ3v) is 7.36. The molecule has 3 heterocycles. The summed E-state index contributed by atoms with van der Waals surface area (Å²) < 4.78 is 8.08. The van der Waals surface area contributed by atoms with Crippen LogP contribution >= 0.6 is 11.8 Å². The van der Waals surface area contributed by atoms with E-state index in [9.17, 15) is 0 Å². The molecule has 2 aromatic carbocycles. The lowest BCUT2D eigenvalue weighted by atomic mass is 10.0. The Kier molecular flexibility index (Phi) is 5.93. The van der Waals surface area contributed by atoms with Crippen molar-refractivity contribution in [2.75, 3.05) is 38.6 Å². The molecule has 0 spiro atoms. The zero-order chi connectivity index (χ0) is 19.5. The number of morpholine rings is 1. The number of benzene rings is 2. The Hall–Kier alpha value is -1.75. The summed E-state index contributed by atoms with van der Waals surface area (Å²) in [5, 5.41) is 1.45. The molecule has 3 aromatic rings. The van der Waals surface area contributed by atoms with Crippen molar-refractivity contribution < 1.29 is 4.74 Å². The predicted molar refractivity (Wildman–Crippen MR) is 123 cm³/mol. The van der Waals surface area contributed by atoms with Crippen LogP contribution in [0.5, 0.6) is 0 Å². The zero-order valence-electron chi connectivity index (χ0n) is 17.1. The van der Waals surface area contributed by atoms with Crippen LogP contribution in [0.1, 0.15) is 24.8 Å². The lowest BCUT2D eigenvalue weighted by Crippen LogP contribution is -2.36. The van der Waals surface area contributed by atoms with Crippen LogP contribution in [0.15, 0.2) is 53.4 Å². The van der Waals surface area contributed by atoms with Crippen molar-refractivity contribution in [2.24, 2.45) is 0 Å².